The third-order valence-electron chi connectivity index (χ3n) is 6.56. The van der Waals surface area contributed by atoms with Gasteiger partial charge >= 0.3 is 241 Å². The molecule has 4 nitrogen and oxygen atoms in total. The van der Waals surface area contributed by atoms with Gasteiger partial charge in [0.25, 0.3) is 0 Å². The van der Waals surface area contributed by atoms with E-state index in [2.05, 4.69) is 107 Å². The van der Waals surface area contributed by atoms with Crippen molar-refractivity contribution in [1.29, 1.82) is 0 Å². The Kier molecular flexibility index (Phi) is 12.0. The Labute approximate surface area is 240 Å². The van der Waals surface area contributed by atoms with Crippen molar-refractivity contribution in [2.45, 2.75) is 119 Å². The Morgan fingerprint density at radius 3 is 0.919 bits per heavy atom. The van der Waals surface area contributed by atoms with Crippen molar-refractivity contribution in [3.05, 3.63) is 57.6 Å². The van der Waals surface area contributed by atoms with Gasteiger partial charge in [-0.2, -0.15) is 0 Å². The molecule has 0 aliphatic carbocycles. The van der Waals surface area contributed by atoms with E-state index >= 15 is 0 Å². The van der Waals surface area contributed by atoms with Gasteiger partial charge in [0.15, 0.2) is 0 Å². The van der Waals surface area contributed by atoms with Crippen molar-refractivity contribution in [2.75, 3.05) is 0 Å². The van der Waals surface area contributed by atoms with Crippen molar-refractivity contribution in [1.82, 2.24) is 0 Å². The van der Waals surface area contributed by atoms with Gasteiger partial charge in [-0.05, 0) is 0 Å². The van der Waals surface area contributed by atoms with E-state index < -0.39 is 41.0 Å². The molecule has 0 saturated carbocycles. The Morgan fingerprint density at radius 2 is 0.730 bits per heavy atom. The molecule has 0 aromatic heterocycles. The average molecular weight is 661 g/mol. The van der Waals surface area contributed by atoms with Crippen molar-refractivity contribution < 1.29 is 14.9 Å². The van der Waals surface area contributed by atoms with E-state index in [0.717, 1.165) is 8.92 Å². The molecule has 0 aliphatic rings. The van der Waals surface area contributed by atoms with Gasteiger partial charge in [0, 0.05) is 0 Å². The molecule has 0 unspecified atom stereocenters. The van der Waals surface area contributed by atoms with E-state index in [1.807, 2.05) is 0 Å². The molecule has 0 bridgehead atoms. The Bertz CT molecular complexity index is 1020. The van der Waals surface area contributed by atoms with Crippen LogP contribution in [0.1, 0.15) is 152 Å². The quantitative estimate of drug-likeness (QED) is 0.233. The first kappa shape index (κ1) is 32.6. The molecule has 37 heavy (non-hydrogen) atoms. The van der Waals surface area contributed by atoms with Crippen molar-refractivity contribution in [3.63, 3.8) is 0 Å². The fourth-order valence-corrected chi connectivity index (χ4v) is 10.5. The summed E-state index contributed by atoms with van der Waals surface area (Å²) >= 11 is -1.43. The molecule has 0 heterocycles. The van der Waals surface area contributed by atoms with Crippen LogP contribution in [0.4, 0.5) is 0 Å². The summed E-state index contributed by atoms with van der Waals surface area (Å²) in [6.45, 7) is 26.0. The van der Waals surface area contributed by atoms with E-state index in [1.165, 1.54) is 33.4 Å². The topological polar surface area (TPSA) is 52.6 Å². The average Bonchev–Trinajstić information content (AvgIpc) is 2.79. The zero-order chi connectivity index (χ0) is 28.2. The molecule has 0 N–H and O–H groups in total. The van der Waals surface area contributed by atoms with Crippen LogP contribution in [0, 0.1) is 0 Å². The predicted octanol–water partition coefficient (Wildman–Crippen LogP) is 6.89. The normalized spacial score (nSPS) is 12.8. The molecule has 0 amide bonds. The molecular formula is C30H46O4SSe2. The van der Waals surface area contributed by atoms with Crippen LogP contribution in [0.15, 0.2) is 24.3 Å². The second-order valence-electron chi connectivity index (χ2n) is 11.7. The second kappa shape index (κ2) is 13.6. The van der Waals surface area contributed by atoms with Gasteiger partial charge in [-0.25, -0.2) is 0 Å². The first-order chi connectivity index (χ1) is 17.1. The molecule has 2 aromatic carbocycles. The van der Waals surface area contributed by atoms with Crippen LogP contribution in [-0.4, -0.2) is 39.0 Å². The van der Waals surface area contributed by atoms with Crippen LogP contribution in [-0.2, 0) is 16.9 Å². The van der Waals surface area contributed by atoms with Crippen molar-refractivity contribution >= 4 is 49.9 Å². The molecule has 2 aromatic rings. The van der Waals surface area contributed by atoms with Gasteiger partial charge in [0.1, 0.15) is 0 Å². The summed E-state index contributed by atoms with van der Waals surface area (Å²) in [7, 11) is -4.15. The van der Waals surface area contributed by atoms with Crippen molar-refractivity contribution in [2.24, 2.45) is 0 Å². The number of benzene rings is 2. The van der Waals surface area contributed by atoms with Gasteiger partial charge in [-0.15, -0.1) is 0 Å². The van der Waals surface area contributed by atoms with Gasteiger partial charge in [0.2, 0.25) is 0 Å². The number of hydrogen-bond donors (Lipinski definition) is 0. The van der Waals surface area contributed by atoms with Crippen LogP contribution in [0.25, 0.3) is 0 Å². The molecule has 0 saturated heterocycles. The second-order valence-corrected chi connectivity index (χ2v) is 16.9. The molecule has 0 spiro atoms. The van der Waals surface area contributed by atoms with Crippen LogP contribution >= 0.6 is 0 Å². The molecule has 0 fully saturated rings. The minimum absolute atomic E-state index is 0.270. The molecule has 2 rings (SSSR count). The Balaban J connectivity index is 2.38. The third-order valence-corrected chi connectivity index (χ3v) is 12.7. The summed E-state index contributed by atoms with van der Waals surface area (Å²) in [5, 5.41) is 0. The predicted molar refractivity (Wildman–Crippen MR) is 159 cm³/mol. The van der Waals surface area contributed by atoms with Gasteiger partial charge in [-0.1, -0.05) is 0 Å². The number of rotatable bonds is 12. The summed E-state index contributed by atoms with van der Waals surface area (Å²) in [6, 6.07) is 8.89. The zero-order valence-corrected chi connectivity index (χ0v) is 28.9. The SMILES string of the molecule is CC(C)c1cc(C(C)C)c([Se]OS(=O)(=O)O[Se]c2c(C(C)C)cc(C(C)C)cc2C(C)C)c(C(C)C)c1. The molecular weight excluding hydrogens is 614 g/mol. The molecule has 0 aliphatic heterocycles. The van der Waals surface area contributed by atoms with E-state index in [-0.39, 0.29) is 23.7 Å². The fourth-order valence-electron chi connectivity index (χ4n) is 4.13. The Hall–Kier alpha value is -0.651. The summed E-state index contributed by atoms with van der Waals surface area (Å²) in [4.78, 5) is 0. The molecule has 7 heteroatoms. The van der Waals surface area contributed by atoms with E-state index in [1.54, 1.807) is 0 Å². The first-order valence-corrected chi connectivity index (χ1v) is 17.8. The summed E-state index contributed by atoms with van der Waals surface area (Å²) in [5.74, 6) is 1.88. The van der Waals surface area contributed by atoms with Crippen LogP contribution in [0.3, 0.4) is 0 Å². The summed E-state index contributed by atoms with van der Waals surface area (Å²) < 4.78 is 39.3. The monoisotopic (exact) mass is 662 g/mol. The van der Waals surface area contributed by atoms with Crippen LogP contribution in [0.2, 0.25) is 0 Å². The van der Waals surface area contributed by atoms with Crippen LogP contribution in [0.5, 0.6) is 0 Å². The van der Waals surface area contributed by atoms with E-state index in [0.29, 0.717) is 11.8 Å². The maximum atomic E-state index is 13.0. The van der Waals surface area contributed by atoms with Gasteiger partial charge < -0.3 is 0 Å². The minimum atomic E-state index is -4.15. The Morgan fingerprint density at radius 1 is 0.486 bits per heavy atom. The molecule has 208 valence electrons. The standard InChI is InChI=1S/C30H46O4SSe2/c1-17(2)23-13-25(19(5)6)29(26(14-23)20(7)8)36-33-35(31,32)34-37-30-27(21(9)10)15-24(18(3)4)16-28(30)22(11)12/h13-22H,1-12H3. The fraction of sp³-hybridized carbons (Fsp3) is 0.600. The zero-order valence-electron chi connectivity index (χ0n) is 24.6. The number of hydrogen-bond acceptors (Lipinski definition) is 4. The molecule has 0 radical (unpaired) electrons. The molecule has 0 atom stereocenters. The summed E-state index contributed by atoms with van der Waals surface area (Å²) in [5.41, 5.74) is 7.24. The van der Waals surface area contributed by atoms with Crippen molar-refractivity contribution in [3.8, 4) is 0 Å². The van der Waals surface area contributed by atoms with Crippen LogP contribution < -0.4 is 8.92 Å². The van der Waals surface area contributed by atoms with E-state index in [4.69, 9.17) is 6.53 Å². The van der Waals surface area contributed by atoms with Gasteiger partial charge in [-0.3, -0.25) is 0 Å². The maximum absolute atomic E-state index is 13.0. The third kappa shape index (κ3) is 8.67. The summed E-state index contributed by atoms with van der Waals surface area (Å²) in [6.07, 6.45) is 0. The van der Waals surface area contributed by atoms with E-state index in [9.17, 15) is 8.42 Å². The van der Waals surface area contributed by atoms with Gasteiger partial charge in [0.05, 0.1) is 0 Å². The first-order valence-electron chi connectivity index (χ1n) is 13.4.